The number of carbonyl (C=O) groups excluding carboxylic acids is 2. The first-order valence-electron chi connectivity index (χ1n) is 10.6. The number of thioether (sulfide) groups is 1. The Balaban J connectivity index is 1.50. The molecule has 0 spiro atoms. The van der Waals surface area contributed by atoms with E-state index in [-0.39, 0.29) is 23.7 Å². The van der Waals surface area contributed by atoms with Gasteiger partial charge in [-0.25, -0.2) is 4.79 Å². The second-order valence-corrected chi connectivity index (χ2v) is 9.53. The van der Waals surface area contributed by atoms with Crippen LogP contribution in [-0.4, -0.2) is 52.7 Å². The molecule has 2 amide bonds. The number of hydrogen-bond acceptors (Lipinski definition) is 8. The largest absolute Gasteiger partial charge is 0.497 e. The van der Waals surface area contributed by atoms with Crippen LogP contribution in [0.5, 0.6) is 5.75 Å². The average molecular weight is 463 g/mol. The van der Waals surface area contributed by atoms with E-state index in [1.807, 2.05) is 45.0 Å². The van der Waals surface area contributed by atoms with E-state index in [1.165, 1.54) is 11.8 Å². The minimum atomic E-state index is -0.567. The molecule has 0 bridgehead atoms. The molecule has 2 atom stereocenters. The van der Waals surface area contributed by atoms with Crippen molar-refractivity contribution in [3.63, 3.8) is 0 Å². The zero-order valence-corrected chi connectivity index (χ0v) is 19.7. The van der Waals surface area contributed by atoms with Gasteiger partial charge in [0.1, 0.15) is 11.4 Å². The number of amides is 2. The second-order valence-electron chi connectivity index (χ2n) is 8.60. The average Bonchev–Trinajstić information content (AvgIpc) is 3.21. The SMILES string of the molecule is COc1ccc(-c2nnc(SCC(=O)N[C@@H]3CCCC[C@H]3NC(=O)OC(C)(C)C)o2)cc1. The molecule has 1 heterocycles. The van der Waals surface area contributed by atoms with Gasteiger partial charge in [0.05, 0.1) is 18.9 Å². The van der Waals surface area contributed by atoms with Crippen molar-refractivity contribution >= 4 is 23.8 Å². The first kappa shape index (κ1) is 23.9. The molecule has 9 nitrogen and oxygen atoms in total. The fourth-order valence-electron chi connectivity index (χ4n) is 3.43. The van der Waals surface area contributed by atoms with Crippen LogP contribution < -0.4 is 15.4 Å². The highest BCUT2D eigenvalue weighted by Crippen LogP contribution is 2.25. The van der Waals surface area contributed by atoms with Gasteiger partial charge >= 0.3 is 6.09 Å². The highest BCUT2D eigenvalue weighted by atomic mass is 32.2. The number of hydrogen-bond donors (Lipinski definition) is 2. The van der Waals surface area contributed by atoms with Gasteiger partial charge in [-0.3, -0.25) is 4.79 Å². The molecule has 1 aliphatic carbocycles. The summed E-state index contributed by atoms with van der Waals surface area (Å²) in [4.78, 5) is 24.7. The van der Waals surface area contributed by atoms with Crippen LogP contribution in [0, 0.1) is 0 Å². The van der Waals surface area contributed by atoms with E-state index < -0.39 is 11.7 Å². The number of methoxy groups -OCH3 is 1. The van der Waals surface area contributed by atoms with Crippen LogP contribution in [0.4, 0.5) is 4.79 Å². The fraction of sp³-hybridized carbons (Fsp3) is 0.545. The number of alkyl carbamates (subject to hydrolysis) is 1. The van der Waals surface area contributed by atoms with Gasteiger partial charge in [0.15, 0.2) is 0 Å². The number of rotatable bonds is 7. The zero-order chi connectivity index (χ0) is 23.1. The summed E-state index contributed by atoms with van der Waals surface area (Å²) in [6.45, 7) is 5.46. The van der Waals surface area contributed by atoms with Crippen molar-refractivity contribution < 1.29 is 23.5 Å². The zero-order valence-electron chi connectivity index (χ0n) is 18.8. The van der Waals surface area contributed by atoms with Gasteiger partial charge in [-0.2, -0.15) is 0 Å². The van der Waals surface area contributed by atoms with Crippen molar-refractivity contribution in [1.82, 2.24) is 20.8 Å². The fourth-order valence-corrected chi connectivity index (χ4v) is 4.00. The summed E-state index contributed by atoms with van der Waals surface area (Å²) in [6.07, 6.45) is 3.14. The lowest BCUT2D eigenvalue weighted by atomic mass is 9.90. The monoisotopic (exact) mass is 462 g/mol. The van der Waals surface area contributed by atoms with E-state index in [9.17, 15) is 9.59 Å². The first-order valence-corrected chi connectivity index (χ1v) is 11.6. The normalized spacial score (nSPS) is 18.6. The lowest BCUT2D eigenvalue weighted by Gasteiger charge is -2.33. The summed E-state index contributed by atoms with van der Waals surface area (Å²) in [5, 5.41) is 14.3. The molecule has 1 aromatic carbocycles. The van der Waals surface area contributed by atoms with Gasteiger partial charge in [-0.05, 0) is 57.9 Å². The molecular weight excluding hydrogens is 432 g/mol. The Bertz CT molecular complexity index is 910. The predicted octanol–water partition coefficient (Wildman–Crippen LogP) is 3.79. The number of ether oxygens (including phenoxy) is 2. The van der Waals surface area contributed by atoms with E-state index in [1.54, 1.807) is 7.11 Å². The van der Waals surface area contributed by atoms with Crippen molar-refractivity contribution in [2.75, 3.05) is 12.9 Å². The molecule has 0 saturated heterocycles. The molecule has 0 radical (unpaired) electrons. The van der Waals surface area contributed by atoms with Crippen molar-refractivity contribution in [3.05, 3.63) is 24.3 Å². The number of benzene rings is 1. The Morgan fingerprint density at radius 3 is 2.38 bits per heavy atom. The van der Waals surface area contributed by atoms with Crippen LogP contribution in [0.25, 0.3) is 11.5 Å². The quantitative estimate of drug-likeness (QED) is 0.597. The topological polar surface area (TPSA) is 116 Å². The number of nitrogens with one attached hydrogen (secondary N) is 2. The Labute approximate surface area is 192 Å². The maximum atomic E-state index is 12.5. The third kappa shape index (κ3) is 7.15. The van der Waals surface area contributed by atoms with Crippen LogP contribution >= 0.6 is 11.8 Å². The maximum Gasteiger partial charge on any atom is 0.407 e. The molecule has 1 aliphatic rings. The number of nitrogens with zero attached hydrogens (tertiary/aromatic N) is 2. The molecule has 0 unspecified atom stereocenters. The van der Waals surface area contributed by atoms with Gasteiger partial charge in [0, 0.05) is 11.6 Å². The third-order valence-corrected chi connectivity index (χ3v) is 5.70. The minimum Gasteiger partial charge on any atom is -0.497 e. The van der Waals surface area contributed by atoms with E-state index in [0.29, 0.717) is 11.1 Å². The molecule has 2 N–H and O–H groups in total. The molecule has 3 rings (SSSR count). The van der Waals surface area contributed by atoms with E-state index in [0.717, 1.165) is 37.0 Å². The molecule has 2 aromatic rings. The molecule has 1 fully saturated rings. The van der Waals surface area contributed by atoms with Crippen LogP contribution in [0.1, 0.15) is 46.5 Å². The van der Waals surface area contributed by atoms with Crippen LogP contribution in [0.2, 0.25) is 0 Å². The van der Waals surface area contributed by atoms with Gasteiger partial charge < -0.3 is 24.5 Å². The first-order chi connectivity index (χ1) is 15.2. The highest BCUT2D eigenvalue weighted by Gasteiger charge is 2.29. The summed E-state index contributed by atoms with van der Waals surface area (Å²) in [5.74, 6) is 1.10. The van der Waals surface area contributed by atoms with Gasteiger partial charge in [0.25, 0.3) is 5.22 Å². The summed E-state index contributed by atoms with van der Waals surface area (Å²) < 4.78 is 16.1. The van der Waals surface area contributed by atoms with Crippen molar-refractivity contribution in [2.24, 2.45) is 0 Å². The molecule has 1 aromatic heterocycles. The molecule has 10 heteroatoms. The van der Waals surface area contributed by atoms with Crippen molar-refractivity contribution in [1.29, 1.82) is 0 Å². The number of carbonyl (C=O) groups is 2. The minimum absolute atomic E-state index is 0.137. The molecule has 1 saturated carbocycles. The summed E-state index contributed by atoms with van der Waals surface area (Å²) in [6, 6.07) is 6.99. The summed E-state index contributed by atoms with van der Waals surface area (Å²) >= 11 is 1.17. The van der Waals surface area contributed by atoms with Crippen LogP contribution in [0.15, 0.2) is 33.9 Å². The molecule has 32 heavy (non-hydrogen) atoms. The lowest BCUT2D eigenvalue weighted by molar-refractivity contribution is -0.119. The van der Waals surface area contributed by atoms with Gasteiger partial charge in [-0.1, -0.05) is 24.6 Å². The van der Waals surface area contributed by atoms with Crippen molar-refractivity contribution in [3.8, 4) is 17.2 Å². The molecule has 0 aliphatic heterocycles. The third-order valence-electron chi connectivity index (χ3n) is 4.88. The highest BCUT2D eigenvalue weighted by molar-refractivity contribution is 7.99. The van der Waals surface area contributed by atoms with Crippen LogP contribution in [0.3, 0.4) is 0 Å². The Morgan fingerprint density at radius 1 is 1.09 bits per heavy atom. The smallest absolute Gasteiger partial charge is 0.407 e. The lowest BCUT2D eigenvalue weighted by Crippen LogP contribution is -2.54. The van der Waals surface area contributed by atoms with E-state index >= 15 is 0 Å². The predicted molar refractivity (Wildman–Crippen MR) is 121 cm³/mol. The van der Waals surface area contributed by atoms with Crippen LogP contribution in [-0.2, 0) is 9.53 Å². The second kappa shape index (κ2) is 10.7. The molecular formula is C22H30N4O5S. The maximum absolute atomic E-state index is 12.5. The van der Waals surface area contributed by atoms with Gasteiger partial charge in [-0.15, -0.1) is 10.2 Å². The Morgan fingerprint density at radius 2 is 1.75 bits per heavy atom. The molecule has 174 valence electrons. The standard InChI is InChI=1S/C22H30N4O5S/c1-22(2,3)31-20(28)24-17-8-6-5-7-16(17)23-18(27)13-32-21-26-25-19(30-21)14-9-11-15(29-4)12-10-14/h9-12,16-17H,5-8,13H2,1-4H3,(H,23,27)(H,24,28)/t16-,17-/m1/s1. The van der Waals surface area contributed by atoms with Gasteiger partial charge in [0.2, 0.25) is 11.8 Å². The number of aromatic nitrogens is 2. The summed E-state index contributed by atoms with van der Waals surface area (Å²) in [5.41, 5.74) is 0.205. The summed E-state index contributed by atoms with van der Waals surface area (Å²) in [7, 11) is 1.60. The van der Waals surface area contributed by atoms with Crippen molar-refractivity contribution in [2.45, 2.75) is 69.4 Å². The Kier molecular flexibility index (Phi) is 8.00. The van der Waals surface area contributed by atoms with E-state index in [2.05, 4.69) is 20.8 Å². The Hall–Kier alpha value is -2.75. The van der Waals surface area contributed by atoms with E-state index in [4.69, 9.17) is 13.9 Å².